The molecule has 2 aromatic rings. The van der Waals surface area contributed by atoms with Gasteiger partial charge in [-0.25, -0.2) is 9.59 Å². The first kappa shape index (κ1) is 27.0. The van der Waals surface area contributed by atoms with Gasteiger partial charge < -0.3 is 25.7 Å². The highest BCUT2D eigenvalue weighted by Gasteiger charge is 2.29. The summed E-state index contributed by atoms with van der Waals surface area (Å²) in [5.74, 6) is -2.82. The van der Waals surface area contributed by atoms with Crippen LogP contribution in [0.15, 0.2) is 48.5 Å². The Bertz CT molecular complexity index is 871. The largest absolute Gasteiger partial charge is 0.479 e. The summed E-state index contributed by atoms with van der Waals surface area (Å²) < 4.78 is 0. The lowest BCUT2D eigenvalue weighted by Gasteiger charge is -2.25. The maximum atomic E-state index is 9.77. The third-order valence-electron chi connectivity index (χ3n) is 5.06. The monoisotopic (exact) mass is 498 g/mol. The van der Waals surface area contributed by atoms with Crippen LogP contribution in [0.25, 0.3) is 0 Å². The number of benzene rings is 2. The third kappa shape index (κ3) is 9.67. The predicted octanol–water partition coefficient (Wildman–Crippen LogP) is 2.48. The smallest absolute Gasteiger partial charge is 0.335 e. The zero-order chi connectivity index (χ0) is 24.4. The van der Waals surface area contributed by atoms with Crippen molar-refractivity contribution in [2.45, 2.75) is 31.7 Å². The maximum Gasteiger partial charge on any atom is 0.335 e. The number of carboxylic acid groups (broad SMARTS) is 2. The summed E-state index contributed by atoms with van der Waals surface area (Å²) in [4.78, 5) is 22.0. The summed E-state index contributed by atoms with van der Waals surface area (Å²) in [7, 11) is 0. The van der Waals surface area contributed by atoms with E-state index in [0.29, 0.717) is 16.0 Å². The lowest BCUT2D eigenvalue weighted by Crippen LogP contribution is -2.39. The quantitative estimate of drug-likeness (QED) is 0.356. The summed E-state index contributed by atoms with van der Waals surface area (Å²) in [6.45, 7) is 5.15. The van der Waals surface area contributed by atoms with Crippen molar-refractivity contribution in [3.63, 3.8) is 0 Å². The van der Waals surface area contributed by atoms with Gasteiger partial charge in [0.15, 0.2) is 12.2 Å². The molecule has 10 heteroatoms. The third-order valence-corrected chi connectivity index (χ3v) is 5.50. The van der Waals surface area contributed by atoms with E-state index in [1.165, 1.54) is 17.5 Å². The fraction of sp³-hybridized carbons (Fsp3) is 0.391. The first-order valence-corrected chi connectivity index (χ1v) is 11.1. The van der Waals surface area contributed by atoms with Gasteiger partial charge in [0.1, 0.15) is 0 Å². The Morgan fingerprint density at radius 2 is 1.48 bits per heavy atom. The Labute approximate surface area is 202 Å². The fourth-order valence-electron chi connectivity index (χ4n) is 3.49. The van der Waals surface area contributed by atoms with Crippen molar-refractivity contribution in [1.82, 2.24) is 10.2 Å². The standard InChI is InChI=1S/C19H22Cl2N2.C4H6O6/c20-18-8-17(9-19(21)10-18)14-23(13-16-6-7-22-11-16)12-15-4-2-1-3-5-15;5-1(3(7)8)2(6)4(9)10/h1-5,8-10,16,22H,6-7,11-14H2;1-2,5-6H,(H,7,8)(H,9,10)/t16-;/m1./s1. The van der Waals surface area contributed by atoms with E-state index in [2.05, 4.69) is 40.5 Å². The number of aliphatic carboxylic acids is 2. The van der Waals surface area contributed by atoms with Crippen molar-refractivity contribution in [2.24, 2.45) is 5.92 Å². The Balaban J connectivity index is 0.000000328. The second-order valence-corrected chi connectivity index (χ2v) is 8.73. The molecule has 180 valence electrons. The highest BCUT2D eigenvalue weighted by molar-refractivity contribution is 6.34. The van der Waals surface area contributed by atoms with Gasteiger partial charge in [0.25, 0.3) is 0 Å². The minimum absolute atomic E-state index is 0.703. The molecular formula is C23H28Cl2N2O6. The van der Waals surface area contributed by atoms with Gasteiger partial charge in [-0.3, -0.25) is 4.90 Å². The first-order chi connectivity index (χ1) is 15.7. The molecule has 1 aliphatic heterocycles. The second kappa shape index (κ2) is 13.5. The van der Waals surface area contributed by atoms with Crippen molar-refractivity contribution in [3.05, 3.63) is 69.7 Å². The zero-order valence-electron chi connectivity index (χ0n) is 17.9. The molecular weight excluding hydrogens is 471 g/mol. The van der Waals surface area contributed by atoms with Crippen LogP contribution in [0, 0.1) is 5.92 Å². The van der Waals surface area contributed by atoms with Crippen molar-refractivity contribution in [3.8, 4) is 0 Å². The van der Waals surface area contributed by atoms with Gasteiger partial charge in [0.2, 0.25) is 0 Å². The Morgan fingerprint density at radius 1 is 0.939 bits per heavy atom. The minimum atomic E-state index is -2.27. The molecule has 3 atom stereocenters. The Morgan fingerprint density at radius 3 is 1.97 bits per heavy atom. The van der Waals surface area contributed by atoms with Crippen LogP contribution in [0.3, 0.4) is 0 Å². The van der Waals surface area contributed by atoms with Crippen molar-refractivity contribution < 1.29 is 30.0 Å². The number of hydrogen-bond acceptors (Lipinski definition) is 6. The molecule has 0 aliphatic carbocycles. The summed E-state index contributed by atoms with van der Waals surface area (Å²) in [6.07, 6.45) is -3.28. The molecule has 1 aliphatic rings. The molecule has 0 aromatic heterocycles. The van der Waals surface area contributed by atoms with E-state index >= 15 is 0 Å². The molecule has 8 nitrogen and oxygen atoms in total. The number of nitrogens with one attached hydrogen (secondary N) is 1. The minimum Gasteiger partial charge on any atom is -0.479 e. The van der Waals surface area contributed by atoms with Crippen LogP contribution >= 0.6 is 23.2 Å². The Kier molecular flexibility index (Phi) is 11.1. The summed E-state index contributed by atoms with van der Waals surface area (Å²) >= 11 is 12.3. The molecule has 1 heterocycles. The van der Waals surface area contributed by atoms with Gasteiger partial charge in [-0.1, -0.05) is 53.5 Å². The van der Waals surface area contributed by atoms with Crippen LogP contribution in [-0.2, 0) is 22.7 Å². The average molecular weight is 499 g/mol. The zero-order valence-corrected chi connectivity index (χ0v) is 19.4. The molecule has 2 aromatic carbocycles. The van der Waals surface area contributed by atoms with Gasteiger partial charge in [-0.05, 0) is 54.8 Å². The lowest BCUT2D eigenvalue weighted by atomic mass is 10.1. The maximum absolute atomic E-state index is 9.77. The van der Waals surface area contributed by atoms with Crippen LogP contribution < -0.4 is 5.32 Å². The second-order valence-electron chi connectivity index (χ2n) is 7.86. The van der Waals surface area contributed by atoms with Gasteiger partial charge in [0.05, 0.1) is 0 Å². The highest BCUT2D eigenvalue weighted by atomic mass is 35.5. The van der Waals surface area contributed by atoms with Gasteiger partial charge >= 0.3 is 11.9 Å². The van der Waals surface area contributed by atoms with Crippen molar-refractivity contribution >= 4 is 35.1 Å². The summed E-state index contributed by atoms with van der Waals surface area (Å²) in [5, 5.41) is 37.4. The topological polar surface area (TPSA) is 130 Å². The normalized spacial score (nSPS) is 17.2. The van der Waals surface area contributed by atoms with E-state index in [1.807, 2.05) is 12.1 Å². The molecule has 0 radical (unpaired) electrons. The van der Waals surface area contributed by atoms with Crippen LogP contribution in [0.1, 0.15) is 17.5 Å². The van der Waals surface area contributed by atoms with Gasteiger partial charge in [-0.2, -0.15) is 0 Å². The molecule has 0 amide bonds. The van der Waals surface area contributed by atoms with E-state index in [0.717, 1.165) is 32.7 Å². The Hall–Kier alpha value is -2.20. The van der Waals surface area contributed by atoms with E-state index in [1.54, 1.807) is 6.07 Å². The van der Waals surface area contributed by atoms with E-state index < -0.39 is 24.1 Å². The van der Waals surface area contributed by atoms with E-state index in [9.17, 15) is 9.59 Å². The number of carboxylic acids is 2. The van der Waals surface area contributed by atoms with Crippen LogP contribution in [-0.4, -0.2) is 69.1 Å². The molecule has 3 rings (SSSR count). The highest BCUT2D eigenvalue weighted by Crippen LogP contribution is 2.22. The number of rotatable bonds is 9. The van der Waals surface area contributed by atoms with Crippen LogP contribution in [0.5, 0.6) is 0 Å². The first-order valence-electron chi connectivity index (χ1n) is 10.4. The van der Waals surface area contributed by atoms with E-state index in [-0.39, 0.29) is 0 Å². The number of aliphatic hydroxyl groups is 2. The molecule has 33 heavy (non-hydrogen) atoms. The summed E-state index contributed by atoms with van der Waals surface area (Å²) in [6, 6.07) is 16.4. The average Bonchev–Trinajstić information content (AvgIpc) is 3.26. The predicted molar refractivity (Wildman–Crippen MR) is 125 cm³/mol. The number of nitrogens with zero attached hydrogens (tertiary/aromatic N) is 1. The molecule has 0 spiro atoms. The number of aliphatic hydroxyl groups excluding tert-OH is 2. The molecule has 0 bridgehead atoms. The van der Waals surface area contributed by atoms with Crippen molar-refractivity contribution in [1.29, 1.82) is 0 Å². The number of halogens is 2. The molecule has 1 saturated heterocycles. The van der Waals surface area contributed by atoms with E-state index in [4.69, 9.17) is 43.6 Å². The molecule has 1 fully saturated rings. The molecule has 5 N–H and O–H groups in total. The fourth-order valence-corrected chi connectivity index (χ4v) is 4.06. The lowest BCUT2D eigenvalue weighted by molar-refractivity contribution is -0.165. The van der Waals surface area contributed by atoms with Crippen LogP contribution in [0.2, 0.25) is 10.0 Å². The number of carbonyl (C=O) groups is 2. The molecule has 2 unspecified atom stereocenters. The number of hydrogen-bond donors (Lipinski definition) is 5. The summed E-state index contributed by atoms with van der Waals surface area (Å²) in [5.41, 5.74) is 2.51. The van der Waals surface area contributed by atoms with Gasteiger partial charge in [-0.15, -0.1) is 0 Å². The van der Waals surface area contributed by atoms with Crippen LogP contribution in [0.4, 0.5) is 0 Å². The molecule has 0 saturated carbocycles. The van der Waals surface area contributed by atoms with Crippen molar-refractivity contribution in [2.75, 3.05) is 19.6 Å². The SMILES string of the molecule is Clc1cc(Cl)cc(CN(Cc2ccccc2)C[C@@H]2CCNC2)c1.O=C(O)C(O)C(O)C(=O)O. The van der Waals surface area contributed by atoms with Gasteiger partial charge in [0, 0.05) is 29.7 Å².